The molecule has 0 aliphatic rings. The average molecular weight is 321 g/mol. The molecule has 4 N–H and O–H groups in total. The minimum atomic E-state index is -0.726. The molecule has 0 unspecified atom stereocenters. The number of nitrogens with one attached hydrogen (secondary N) is 2. The fraction of sp³-hybridized carbons (Fsp3) is 0.529. The summed E-state index contributed by atoms with van der Waals surface area (Å²) in [6.45, 7) is 10.2. The molecule has 3 amide bonds. The molecule has 0 aliphatic heterocycles. The van der Waals surface area contributed by atoms with Crippen molar-refractivity contribution in [2.24, 2.45) is 5.73 Å². The van der Waals surface area contributed by atoms with Crippen LogP contribution in [0, 0.1) is 0 Å². The maximum Gasteiger partial charge on any atom is 0.312 e. The second kappa shape index (κ2) is 7.85. The summed E-state index contributed by atoms with van der Waals surface area (Å²) in [6.07, 6.45) is 0. The van der Waals surface area contributed by atoms with Gasteiger partial charge in [0, 0.05) is 0 Å². The molecule has 0 saturated heterocycles. The standard InChI is InChI=1S/C17H27N3O3/c1-11(19-15(21)12(2)20-16(18)22)10-23-14-8-6-13(7-9-14)17(3,4)5/h6-9,11-12H,10H2,1-5H3,(H,19,21)(H3,18,20,22)/t11-,12+/m0/s1. The van der Waals surface area contributed by atoms with Crippen LogP contribution in [-0.4, -0.2) is 30.6 Å². The number of amides is 3. The molecule has 0 spiro atoms. The van der Waals surface area contributed by atoms with E-state index < -0.39 is 12.1 Å². The largest absolute Gasteiger partial charge is 0.491 e. The van der Waals surface area contributed by atoms with E-state index >= 15 is 0 Å². The molecule has 23 heavy (non-hydrogen) atoms. The zero-order valence-corrected chi connectivity index (χ0v) is 14.5. The lowest BCUT2D eigenvalue weighted by Gasteiger charge is -2.20. The van der Waals surface area contributed by atoms with Gasteiger partial charge in [0.05, 0.1) is 6.04 Å². The van der Waals surface area contributed by atoms with Crippen molar-refractivity contribution in [3.05, 3.63) is 29.8 Å². The second-order valence-electron chi connectivity index (χ2n) is 6.73. The lowest BCUT2D eigenvalue weighted by atomic mass is 9.87. The molecule has 128 valence electrons. The molecule has 0 heterocycles. The number of urea groups is 1. The van der Waals surface area contributed by atoms with Gasteiger partial charge in [0.1, 0.15) is 18.4 Å². The summed E-state index contributed by atoms with van der Waals surface area (Å²) in [4.78, 5) is 22.5. The van der Waals surface area contributed by atoms with Gasteiger partial charge in [-0.2, -0.15) is 0 Å². The van der Waals surface area contributed by atoms with Gasteiger partial charge in [-0.25, -0.2) is 4.79 Å². The number of rotatable bonds is 6. The Kier molecular flexibility index (Phi) is 6.42. The number of ether oxygens (including phenoxy) is 1. The second-order valence-corrected chi connectivity index (χ2v) is 6.73. The van der Waals surface area contributed by atoms with Crippen LogP contribution < -0.4 is 21.1 Å². The highest BCUT2D eigenvalue weighted by molar-refractivity contribution is 5.86. The first-order chi connectivity index (χ1) is 10.6. The Labute approximate surface area is 137 Å². The van der Waals surface area contributed by atoms with E-state index in [1.807, 2.05) is 31.2 Å². The molecule has 0 radical (unpaired) electrons. The monoisotopic (exact) mass is 321 g/mol. The van der Waals surface area contributed by atoms with Crippen molar-refractivity contribution in [2.75, 3.05) is 6.61 Å². The zero-order valence-electron chi connectivity index (χ0n) is 14.5. The van der Waals surface area contributed by atoms with Crippen LogP contribution in [0.5, 0.6) is 5.75 Å². The van der Waals surface area contributed by atoms with Gasteiger partial charge in [0.15, 0.2) is 0 Å². The predicted octanol–water partition coefficient (Wildman–Crippen LogP) is 1.92. The molecule has 1 rings (SSSR count). The van der Waals surface area contributed by atoms with Gasteiger partial charge >= 0.3 is 6.03 Å². The SMILES string of the molecule is C[C@@H](COc1ccc(C(C)(C)C)cc1)NC(=O)[C@@H](C)NC(N)=O. The van der Waals surface area contributed by atoms with E-state index in [2.05, 4.69) is 31.4 Å². The third-order valence-electron chi connectivity index (χ3n) is 3.36. The van der Waals surface area contributed by atoms with E-state index in [1.54, 1.807) is 6.92 Å². The molecule has 1 aromatic carbocycles. The fourth-order valence-corrected chi connectivity index (χ4v) is 1.96. The highest BCUT2D eigenvalue weighted by atomic mass is 16.5. The Bertz CT molecular complexity index is 535. The number of nitrogens with two attached hydrogens (primary N) is 1. The molecular formula is C17H27N3O3. The summed E-state index contributed by atoms with van der Waals surface area (Å²) >= 11 is 0. The van der Waals surface area contributed by atoms with Gasteiger partial charge in [0.2, 0.25) is 5.91 Å². The maximum atomic E-state index is 11.8. The summed E-state index contributed by atoms with van der Waals surface area (Å²) in [6, 6.07) is 6.33. The van der Waals surface area contributed by atoms with Crippen LogP contribution in [0.25, 0.3) is 0 Å². The predicted molar refractivity (Wildman–Crippen MR) is 90.4 cm³/mol. The number of carbonyl (C=O) groups is 2. The molecule has 1 aromatic rings. The van der Waals surface area contributed by atoms with Crippen LogP contribution in [0.4, 0.5) is 4.79 Å². The highest BCUT2D eigenvalue weighted by Crippen LogP contribution is 2.24. The van der Waals surface area contributed by atoms with Crippen LogP contribution in [-0.2, 0) is 10.2 Å². The van der Waals surface area contributed by atoms with Gasteiger partial charge in [-0.05, 0) is 37.0 Å². The van der Waals surface area contributed by atoms with E-state index in [0.29, 0.717) is 6.61 Å². The summed E-state index contributed by atoms with van der Waals surface area (Å²) < 4.78 is 5.67. The van der Waals surface area contributed by atoms with E-state index in [-0.39, 0.29) is 17.4 Å². The Balaban J connectivity index is 2.45. The van der Waals surface area contributed by atoms with E-state index in [9.17, 15) is 9.59 Å². The van der Waals surface area contributed by atoms with Crippen molar-refractivity contribution in [2.45, 2.75) is 52.1 Å². The molecule has 0 saturated carbocycles. The van der Waals surface area contributed by atoms with E-state index in [0.717, 1.165) is 5.75 Å². The number of hydrogen-bond acceptors (Lipinski definition) is 3. The minimum Gasteiger partial charge on any atom is -0.491 e. The summed E-state index contributed by atoms with van der Waals surface area (Å²) in [5, 5.41) is 5.08. The summed E-state index contributed by atoms with van der Waals surface area (Å²) in [5.74, 6) is 0.449. The van der Waals surface area contributed by atoms with Gasteiger partial charge in [-0.3, -0.25) is 4.79 Å². The quantitative estimate of drug-likeness (QED) is 0.747. The van der Waals surface area contributed by atoms with Gasteiger partial charge in [0.25, 0.3) is 0 Å². The highest BCUT2D eigenvalue weighted by Gasteiger charge is 2.17. The topological polar surface area (TPSA) is 93.4 Å². The van der Waals surface area contributed by atoms with Crippen LogP contribution in [0.3, 0.4) is 0 Å². The maximum absolute atomic E-state index is 11.8. The van der Waals surface area contributed by atoms with Crippen molar-refractivity contribution in [1.29, 1.82) is 0 Å². The normalized spacial score (nSPS) is 13.8. The molecular weight excluding hydrogens is 294 g/mol. The molecule has 0 bridgehead atoms. The van der Waals surface area contributed by atoms with Crippen LogP contribution >= 0.6 is 0 Å². The minimum absolute atomic E-state index is 0.101. The lowest BCUT2D eigenvalue weighted by molar-refractivity contribution is -0.123. The third kappa shape index (κ3) is 6.59. The fourth-order valence-electron chi connectivity index (χ4n) is 1.96. The number of carbonyl (C=O) groups excluding carboxylic acids is 2. The summed E-state index contributed by atoms with van der Waals surface area (Å²) in [5.41, 5.74) is 6.32. The Morgan fingerprint density at radius 2 is 1.70 bits per heavy atom. The van der Waals surface area contributed by atoms with Gasteiger partial charge in [-0.15, -0.1) is 0 Å². The third-order valence-corrected chi connectivity index (χ3v) is 3.36. The molecule has 2 atom stereocenters. The molecule has 0 fully saturated rings. The lowest BCUT2D eigenvalue weighted by Crippen LogP contribution is -2.50. The van der Waals surface area contributed by atoms with Gasteiger partial charge in [-0.1, -0.05) is 32.9 Å². The van der Waals surface area contributed by atoms with Crippen molar-refractivity contribution in [1.82, 2.24) is 10.6 Å². The van der Waals surface area contributed by atoms with Crippen molar-refractivity contribution in [3.8, 4) is 5.75 Å². The summed E-state index contributed by atoms with van der Waals surface area (Å²) in [7, 11) is 0. The number of benzene rings is 1. The smallest absolute Gasteiger partial charge is 0.312 e. The van der Waals surface area contributed by atoms with Gasteiger partial charge < -0.3 is 21.1 Å². The Morgan fingerprint density at radius 3 is 2.17 bits per heavy atom. The first kappa shape index (κ1) is 18.8. The molecule has 6 nitrogen and oxygen atoms in total. The Morgan fingerprint density at radius 1 is 1.13 bits per heavy atom. The van der Waals surface area contributed by atoms with E-state index in [1.165, 1.54) is 5.56 Å². The van der Waals surface area contributed by atoms with Crippen molar-refractivity contribution in [3.63, 3.8) is 0 Å². The number of hydrogen-bond donors (Lipinski definition) is 3. The zero-order chi connectivity index (χ0) is 17.6. The van der Waals surface area contributed by atoms with Crippen LogP contribution in [0.2, 0.25) is 0 Å². The Hall–Kier alpha value is -2.24. The van der Waals surface area contributed by atoms with Crippen molar-refractivity contribution >= 4 is 11.9 Å². The van der Waals surface area contributed by atoms with Crippen LogP contribution in [0.15, 0.2) is 24.3 Å². The average Bonchev–Trinajstić information content (AvgIpc) is 2.43. The molecule has 0 aliphatic carbocycles. The van der Waals surface area contributed by atoms with E-state index in [4.69, 9.17) is 10.5 Å². The molecule has 6 heteroatoms. The van der Waals surface area contributed by atoms with Crippen LogP contribution in [0.1, 0.15) is 40.2 Å². The van der Waals surface area contributed by atoms with Crippen molar-refractivity contribution < 1.29 is 14.3 Å². The first-order valence-corrected chi connectivity index (χ1v) is 7.69. The number of primary amides is 1. The first-order valence-electron chi connectivity index (χ1n) is 7.69. The molecule has 0 aromatic heterocycles.